The quantitative estimate of drug-likeness (QED) is 0.274. The van der Waals surface area contributed by atoms with Gasteiger partial charge >= 0.3 is 134 Å². The first-order valence-corrected chi connectivity index (χ1v) is 18.9. The van der Waals surface area contributed by atoms with Gasteiger partial charge in [0, 0.05) is 0 Å². The maximum Gasteiger partial charge on any atom is -0.147 e. The van der Waals surface area contributed by atoms with Crippen LogP contribution in [-0.2, 0) is 14.0 Å². The summed E-state index contributed by atoms with van der Waals surface area (Å²) in [5.74, 6) is 1.72. The van der Waals surface area contributed by atoms with Gasteiger partial charge in [-0.15, -0.1) is 24.8 Å². The molecule has 0 radical (unpaired) electrons. The van der Waals surface area contributed by atoms with Crippen LogP contribution in [0.1, 0.15) is 34.1 Å². The van der Waals surface area contributed by atoms with E-state index in [-0.39, 0.29) is 32.7 Å². The zero-order valence-corrected chi connectivity index (χ0v) is 20.8. The molecule has 0 amide bonds. The van der Waals surface area contributed by atoms with Gasteiger partial charge in [-0.3, -0.25) is 0 Å². The third-order valence-corrected chi connectivity index (χ3v) is 18.3. The van der Waals surface area contributed by atoms with Gasteiger partial charge in [-0.1, -0.05) is 0 Å². The van der Waals surface area contributed by atoms with Crippen molar-refractivity contribution in [2.75, 3.05) is 18.5 Å². The average molecular weight is 419 g/mol. The van der Waals surface area contributed by atoms with Crippen molar-refractivity contribution in [3.8, 4) is 0 Å². The van der Waals surface area contributed by atoms with E-state index in [1.807, 2.05) is 0 Å². The van der Waals surface area contributed by atoms with Crippen LogP contribution in [0.25, 0.3) is 0 Å². The number of hydrogen-bond donors (Lipinski definition) is 0. The Labute approximate surface area is 158 Å². The molecular formula is C19H41Cl2PTi. The van der Waals surface area contributed by atoms with Crippen molar-refractivity contribution >= 4 is 32.7 Å². The predicted molar refractivity (Wildman–Crippen MR) is 116 cm³/mol. The molecule has 0 aromatic rings. The molecule has 0 saturated carbocycles. The van der Waals surface area contributed by atoms with E-state index in [2.05, 4.69) is 66.8 Å². The molecule has 23 heavy (non-hydrogen) atoms. The number of rotatable bonds is 8. The van der Waals surface area contributed by atoms with E-state index in [1.54, 1.807) is 3.88 Å². The monoisotopic (exact) mass is 418 g/mol. The number of halogens is 2. The minimum atomic E-state index is -2.94. The Morgan fingerprint density at radius 1 is 0.957 bits per heavy atom. The van der Waals surface area contributed by atoms with Crippen LogP contribution in [0.3, 0.4) is 0 Å². The van der Waals surface area contributed by atoms with Crippen LogP contribution in [-0.4, -0.2) is 18.5 Å². The summed E-state index contributed by atoms with van der Waals surface area (Å²) in [5.41, 5.74) is 0. The van der Waals surface area contributed by atoms with Crippen LogP contribution in [0.5, 0.6) is 0 Å². The fourth-order valence-corrected chi connectivity index (χ4v) is 17.1. The van der Waals surface area contributed by atoms with E-state index in [0.29, 0.717) is 0 Å². The van der Waals surface area contributed by atoms with Crippen molar-refractivity contribution in [1.29, 1.82) is 0 Å². The zero-order chi connectivity index (χ0) is 16.4. The van der Waals surface area contributed by atoms with E-state index in [4.69, 9.17) is 0 Å². The molecule has 0 fully saturated rings. The standard InChI is InChI=1S/C10H22P.C5H5.4CH3.2ClH.Ti/c1-6-11(7-9(2)3)8-10(4)5;1-2-4-5-3-1;;;;;;;/h9-10H,1,6-8H2,2-5H3;1-3H,4H2;4*1H3;2*1H;. The molecule has 0 spiro atoms. The van der Waals surface area contributed by atoms with Crippen LogP contribution in [0, 0.1) is 11.8 Å². The topological polar surface area (TPSA) is 0 Å². The molecule has 1 aliphatic rings. The number of allylic oxidation sites excluding steroid dienone is 4. The molecule has 0 aromatic carbocycles. The van der Waals surface area contributed by atoms with Gasteiger partial charge in [0.05, 0.1) is 0 Å². The molecule has 0 N–H and O–H groups in total. The van der Waals surface area contributed by atoms with Crippen LogP contribution in [0.4, 0.5) is 0 Å². The summed E-state index contributed by atoms with van der Waals surface area (Å²) < 4.78 is 3.28. The summed E-state index contributed by atoms with van der Waals surface area (Å²) >= 11 is -2.94. The second kappa shape index (κ2) is 8.73. The van der Waals surface area contributed by atoms with Crippen molar-refractivity contribution < 1.29 is 14.0 Å². The largest absolute Gasteiger partial charge is 0.147 e. The van der Waals surface area contributed by atoms with Crippen molar-refractivity contribution in [1.82, 2.24) is 0 Å². The zero-order valence-electron chi connectivity index (χ0n) is 16.7. The molecule has 0 saturated heterocycles. The van der Waals surface area contributed by atoms with Crippen LogP contribution >= 0.6 is 32.7 Å². The van der Waals surface area contributed by atoms with E-state index < -0.39 is 14.0 Å². The molecule has 0 heterocycles. The summed E-state index contributed by atoms with van der Waals surface area (Å²) in [6, 6.07) is 0. The molecular weight excluding hydrogens is 378 g/mol. The van der Waals surface area contributed by atoms with Gasteiger partial charge in [0.2, 0.25) is 0 Å². The molecule has 1 rings (SSSR count). The Morgan fingerprint density at radius 2 is 1.43 bits per heavy atom. The van der Waals surface area contributed by atoms with Crippen molar-refractivity contribution in [3.63, 3.8) is 0 Å². The summed E-state index contributed by atoms with van der Waals surface area (Å²) in [4.78, 5) is 0. The van der Waals surface area contributed by atoms with Gasteiger partial charge in [-0.25, -0.2) is 0 Å². The van der Waals surface area contributed by atoms with E-state index >= 15 is 0 Å². The summed E-state index contributed by atoms with van der Waals surface area (Å²) in [7, 11) is 0.217. The molecule has 1 aliphatic carbocycles. The molecule has 0 aliphatic heterocycles. The van der Waals surface area contributed by atoms with Crippen molar-refractivity contribution in [2.45, 2.75) is 59.8 Å². The Balaban J connectivity index is 0. The first kappa shape index (κ1) is 26.4. The van der Waals surface area contributed by atoms with Gasteiger partial charge in [-0.05, 0) is 0 Å². The van der Waals surface area contributed by atoms with Crippen LogP contribution < -0.4 is 0 Å². The summed E-state index contributed by atoms with van der Waals surface area (Å²) in [5, 5.41) is 10.7. The fraction of sp³-hybridized carbons (Fsp3) is 0.789. The third-order valence-electron chi connectivity index (χ3n) is 5.08. The maximum absolute atomic E-state index is 2.94. The van der Waals surface area contributed by atoms with Gasteiger partial charge in [0.15, 0.2) is 0 Å². The molecule has 0 bridgehead atoms. The predicted octanol–water partition coefficient (Wildman–Crippen LogP) is 8.30. The molecule has 0 aromatic heterocycles. The second-order valence-electron chi connectivity index (χ2n) is 11.2. The molecule has 140 valence electrons. The first-order chi connectivity index (χ1) is 9.32. The normalized spacial score (nSPS) is 17.6. The Hall–Kier alpha value is 1.20. The second-order valence-corrected chi connectivity index (χ2v) is 33.0. The molecule has 0 unspecified atom stereocenters. The molecule has 0 atom stereocenters. The van der Waals surface area contributed by atoms with Gasteiger partial charge in [-0.2, -0.15) is 0 Å². The summed E-state index contributed by atoms with van der Waals surface area (Å²) in [6.07, 6.45) is 12.7. The maximum atomic E-state index is 2.66. The Kier molecular flexibility index (Phi) is 10.0. The Bertz CT molecular complexity index is 419. The van der Waals surface area contributed by atoms with E-state index in [9.17, 15) is 0 Å². The van der Waals surface area contributed by atoms with Crippen molar-refractivity contribution in [2.24, 2.45) is 11.8 Å². The third kappa shape index (κ3) is 8.92. The number of hydrogen-bond acceptors (Lipinski definition) is 0. The molecule has 4 heteroatoms. The van der Waals surface area contributed by atoms with Crippen LogP contribution in [0.2, 0.25) is 25.6 Å². The minimum Gasteiger partial charge on any atom is -0.147 e. The van der Waals surface area contributed by atoms with Gasteiger partial charge < -0.3 is 0 Å². The fourth-order valence-electron chi connectivity index (χ4n) is 3.43. The average Bonchev–Trinajstić information content (AvgIpc) is 2.78. The SMILES string of the molecule is CC(C)CP(C[CH2][Ti]([CH3])([CH3])([CH3])([CH3])[C]1=CC=CC1)CC(C)C.Cl.Cl. The minimum absolute atomic E-state index is 0. The van der Waals surface area contributed by atoms with Crippen LogP contribution in [0.15, 0.2) is 22.1 Å². The first-order valence-electron chi connectivity index (χ1n) is 8.90. The van der Waals surface area contributed by atoms with Gasteiger partial charge in [0.1, 0.15) is 0 Å². The molecule has 0 nitrogen and oxygen atoms in total. The van der Waals surface area contributed by atoms with Crippen molar-refractivity contribution in [3.05, 3.63) is 22.1 Å². The van der Waals surface area contributed by atoms with E-state index in [0.717, 1.165) is 11.8 Å². The Morgan fingerprint density at radius 3 is 1.78 bits per heavy atom. The smallest absolute Gasteiger partial charge is 0.147 e. The van der Waals surface area contributed by atoms with Gasteiger partial charge in [0.25, 0.3) is 0 Å². The summed E-state index contributed by atoms with van der Waals surface area (Å²) in [6.45, 7) is 9.59. The van der Waals surface area contributed by atoms with E-state index in [1.165, 1.54) is 29.6 Å².